The highest BCUT2D eigenvalue weighted by Crippen LogP contribution is 2.33. The van der Waals surface area contributed by atoms with Crippen molar-refractivity contribution in [2.45, 2.75) is 19.9 Å². The van der Waals surface area contributed by atoms with Crippen LogP contribution in [0.5, 0.6) is 0 Å². The second kappa shape index (κ2) is 6.50. The molecule has 0 spiro atoms. The van der Waals surface area contributed by atoms with Gasteiger partial charge in [-0.25, -0.2) is 0 Å². The average molecular weight is 436 g/mol. The van der Waals surface area contributed by atoms with Crippen LogP contribution in [0.25, 0.3) is 0 Å². The number of halogens is 2. The molecule has 1 heterocycles. The minimum atomic E-state index is 0.294. The molecule has 1 aromatic heterocycles. The van der Waals surface area contributed by atoms with Crippen LogP contribution in [0, 0.1) is 10.5 Å². The first-order valence-electron chi connectivity index (χ1n) is 5.86. The minimum absolute atomic E-state index is 0.294. The summed E-state index contributed by atoms with van der Waals surface area (Å²) in [6, 6.07) is 11.3. The summed E-state index contributed by atoms with van der Waals surface area (Å²) in [6.07, 6.45) is 0. The second-order valence-corrected chi connectivity index (χ2v) is 7.48. The zero-order valence-electron chi connectivity index (χ0n) is 10.3. The lowest BCUT2D eigenvalue weighted by Gasteiger charge is -2.17. The first kappa shape index (κ1) is 14.5. The number of hydrogen-bond donors (Lipinski definition) is 1. The lowest BCUT2D eigenvalue weighted by Crippen LogP contribution is -2.21. The molecule has 0 bridgehead atoms. The van der Waals surface area contributed by atoms with Crippen molar-refractivity contribution in [1.82, 2.24) is 5.32 Å². The van der Waals surface area contributed by atoms with E-state index in [1.807, 2.05) is 11.3 Å². The maximum atomic E-state index is 3.60. The molecule has 0 aliphatic carbocycles. The van der Waals surface area contributed by atoms with Crippen LogP contribution >= 0.6 is 49.9 Å². The molecular formula is C14H15BrINS. The highest BCUT2D eigenvalue weighted by molar-refractivity contribution is 14.1. The Labute approximate surface area is 134 Å². The first-order chi connectivity index (χ1) is 8.61. The fourth-order valence-corrected chi connectivity index (χ4v) is 3.89. The summed E-state index contributed by atoms with van der Waals surface area (Å²) in [5, 5.41) is 3.56. The standard InChI is InChI=1S/C14H15BrINS/c1-3-17-14(10-4-6-11(16)7-5-10)13-8-12(15)9(2)18-13/h4-8,14,17H,3H2,1-2H3. The van der Waals surface area contributed by atoms with Crippen molar-refractivity contribution < 1.29 is 0 Å². The number of nitrogens with one attached hydrogen (secondary N) is 1. The van der Waals surface area contributed by atoms with Gasteiger partial charge in [0.25, 0.3) is 0 Å². The van der Waals surface area contributed by atoms with Gasteiger partial charge in [0, 0.05) is 17.8 Å². The lowest BCUT2D eigenvalue weighted by molar-refractivity contribution is 0.639. The van der Waals surface area contributed by atoms with Crippen LogP contribution in [0.2, 0.25) is 0 Å². The second-order valence-electron chi connectivity index (χ2n) is 4.10. The van der Waals surface area contributed by atoms with Crippen LogP contribution < -0.4 is 5.32 Å². The van der Waals surface area contributed by atoms with Crippen molar-refractivity contribution >= 4 is 49.9 Å². The predicted molar refractivity (Wildman–Crippen MR) is 91.4 cm³/mol. The molecule has 1 nitrogen and oxygen atoms in total. The van der Waals surface area contributed by atoms with Gasteiger partial charge in [0.2, 0.25) is 0 Å². The van der Waals surface area contributed by atoms with Crippen LogP contribution in [-0.4, -0.2) is 6.54 Å². The van der Waals surface area contributed by atoms with Gasteiger partial charge in [-0.15, -0.1) is 11.3 Å². The summed E-state index contributed by atoms with van der Waals surface area (Å²) >= 11 is 7.79. The Morgan fingerprint density at radius 1 is 1.33 bits per heavy atom. The van der Waals surface area contributed by atoms with Crippen molar-refractivity contribution in [3.63, 3.8) is 0 Å². The van der Waals surface area contributed by atoms with Crippen LogP contribution in [-0.2, 0) is 0 Å². The van der Waals surface area contributed by atoms with Gasteiger partial charge in [-0.05, 0) is 75.8 Å². The molecule has 18 heavy (non-hydrogen) atoms. The molecule has 96 valence electrons. The number of thiophene rings is 1. The van der Waals surface area contributed by atoms with Gasteiger partial charge in [-0.3, -0.25) is 0 Å². The number of hydrogen-bond acceptors (Lipinski definition) is 2. The molecule has 0 saturated carbocycles. The molecule has 0 amide bonds. The van der Waals surface area contributed by atoms with Crippen molar-refractivity contribution in [2.24, 2.45) is 0 Å². The minimum Gasteiger partial charge on any atom is -0.306 e. The third kappa shape index (κ3) is 3.35. The zero-order chi connectivity index (χ0) is 13.1. The summed E-state index contributed by atoms with van der Waals surface area (Å²) in [7, 11) is 0. The highest BCUT2D eigenvalue weighted by atomic mass is 127. The van der Waals surface area contributed by atoms with Crippen molar-refractivity contribution in [3.8, 4) is 0 Å². The third-order valence-corrected chi connectivity index (χ3v) is 5.69. The van der Waals surface area contributed by atoms with E-state index in [1.165, 1.54) is 23.4 Å². The smallest absolute Gasteiger partial charge is 0.0671 e. The Kier molecular flexibility index (Phi) is 5.24. The zero-order valence-corrected chi connectivity index (χ0v) is 14.9. The molecule has 4 heteroatoms. The van der Waals surface area contributed by atoms with E-state index in [4.69, 9.17) is 0 Å². The topological polar surface area (TPSA) is 12.0 Å². The monoisotopic (exact) mass is 435 g/mol. The molecule has 1 atom stereocenters. The Morgan fingerprint density at radius 2 is 2.00 bits per heavy atom. The van der Waals surface area contributed by atoms with Crippen LogP contribution in [0.4, 0.5) is 0 Å². The van der Waals surface area contributed by atoms with Crippen LogP contribution in [0.15, 0.2) is 34.8 Å². The van der Waals surface area contributed by atoms with Crippen molar-refractivity contribution in [3.05, 3.63) is 53.7 Å². The maximum absolute atomic E-state index is 3.60. The number of rotatable bonds is 4. The molecule has 2 aromatic rings. The molecule has 2 rings (SSSR count). The van der Waals surface area contributed by atoms with E-state index in [9.17, 15) is 0 Å². The average Bonchev–Trinajstić information content (AvgIpc) is 2.68. The summed E-state index contributed by atoms with van der Waals surface area (Å²) in [5.74, 6) is 0. The fraction of sp³-hybridized carbons (Fsp3) is 0.286. The van der Waals surface area contributed by atoms with Crippen LogP contribution in [0.3, 0.4) is 0 Å². The van der Waals surface area contributed by atoms with Gasteiger partial charge in [-0.2, -0.15) is 0 Å². The SMILES string of the molecule is CCNC(c1ccc(I)cc1)c1cc(Br)c(C)s1. The Morgan fingerprint density at radius 3 is 2.50 bits per heavy atom. The third-order valence-electron chi connectivity index (χ3n) is 2.77. The quantitative estimate of drug-likeness (QED) is 0.657. The number of benzene rings is 1. The van der Waals surface area contributed by atoms with E-state index in [2.05, 4.69) is 88.0 Å². The Balaban J connectivity index is 2.36. The van der Waals surface area contributed by atoms with Crippen molar-refractivity contribution in [2.75, 3.05) is 6.54 Å². The van der Waals surface area contributed by atoms with Gasteiger partial charge < -0.3 is 5.32 Å². The van der Waals surface area contributed by atoms with Gasteiger partial charge in [0.05, 0.1) is 6.04 Å². The molecule has 0 radical (unpaired) electrons. The highest BCUT2D eigenvalue weighted by Gasteiger charge is 2.16. The molecule has 0 saturated heterocycles. The largest absolute Gasteiger partial charge is 0.306 e. The fourth-order valence-electron chi connectivity index (χ4n) is 1.87. The van der Waals surface area contributed by atoms with Gasteiger partial charge in [0.15, 0.2) is 0 Å². The molecule has 1 unspecified atom stereocenters. The Bertz CT molecular complexity index is 502. The van der Waals surface area contributed by atoms with E-state index in [1.54, 1.807) is 0 Å². The molecule has 0 aliphatic rings. The lowest BCUT2D eigenvalue weighted by atomic mass is 10.1. The van der Waals surface area contributed by atoms with Gasteiger partial charge in [0.1, 0.15) is 0 Å². The molecule has 0 fully saturated rings. The maximum Gasteiger partial charge on any atom is 0.0671 e. The van der Waals surface area contributed by atoms with E-state index in [-0.39, 0.29) is 0 Å². The molecule has 1 aromatic carbocycles. The van der Waals surface area contributed by atoms with Gasteiger partial charge >= 0.3 is 0 Å². The normalized spacial score (nSPS) is 12.7. The first-order valence-corrected chi connectivity index (χ1v) is 8.55. The molecule has 1 N–H and O–H groups in total. The van der Waals surface area contributed by atoms with E-state index in [0.717, 1.165) is 6.54 Å². The Hall–Kier alpha value is 0.0900. The van der Waals surface area contributed by atoms with E-state index in [0.29, 0.717) is 6.04 Å². The summed E-state index contributed by atoms with van der Waals surface area (Å²) in [4.78, 5) is 2.70. The van der Waals surface area contributed by atoms with E-state index >= 15 is 0 Å². The molecular weight excluding hydrogens is 421 g/mol. The summed E-state index contributed by atoms with van der Waals surface area (Å²) in [5.41, 5.74) is 1.33. The van der Waals surface area contributed by atoms with Gasteiger partial charge in [-0.1, -0.05) is 19.1 Å². The summed E-state index contributed by atoms with van der Waals surface area (Å²) in [6.45, 7) is 5.26. The van der Waals surface area contributed by atoms with Crippen molar-refractivity contribution in [1.29, 1.82) is 0 Å². The molecule has 0 aliphatic heterocycles. The van der Waals surface area contributed by atoms with Crippen LogP contribution in [0.1, 0.15) is 28.3 Å². The summed E-state index contributed by atoms with van der Waals surface area (Å²) < 4.78 is 2.48. The number of aryl methyl sites for hydroxylation is 1. The van der Waals surface area contributed by atoms with E-state index < -0.39 is 0 Å². The predicted octanol–water partition coefficient (Wildman–Crippen LogP) is 5.12.